The van der Waals surface area contributed by atoms with Crippen molar-refractivity contribution in [2.75, 3.05) is 27.2 Å². The Morgan fingerprint density at radius 1 is 0.279 bits per heavy atom. The second-order valence-corrected chi connectivity index (χ2v) is 28.1. The Kier molecular flexibility index (Phi) is 18.2. The van der Waals surface area contributed by atoms with Gasteiger partial charge in [-0.25, -0.2) is 0 Å². The number of benzene rings is 8. The first-order valence-corrected chi connectivity index (χ1v) is 34.8. The highest BCUT2D eigenvalue weighted by molar-refractivity contribution is 7.80. The van der Waals surface area contributed by atoms with Gasteiger partial charge in [-0.15, -0.1) is 0 Å². The minimum absolute atomic E-state index is 0.00109. The largest absolute Gasteiger partial charge is 0.457 e. The van der Waals surface area contributed by atoms with Crippen molar-refractivity contribution in [3.63, 3.8) is 0 Å². The zero-order valence-corrected chi connectivity index (χ0v) is 52.4. The van der Waals surface area contributed by atoms with Crippen molar-refractivity contribution in [3.8, 4) is 46.0 Å². The molecule has 0 radical (unpaired) electrons. The van der Waals surface area contributed by atoms with Gasteiger partial charge in [-0.3, -0.25) is 0 Å². The summed E-state index contributed by atoms with van der Waals surface area (Å²) in [4.78, 5) is 0. The first kappa shape index (κ1) is 58.1. The first-order valence-electron chi connectivity index (χ1n) is 32.2. The van der Waals surface area contributed by atoms with Crippen LogP contribution in [-0.4, -0.2) is 27.2 Å². The number of hydrogen-bond donors (Lipinski definition) is 0. The molecule has 86 heavy (non-hydrogen) atoms. The monoisotopic (exact) mass is 1180 g/mol. The molecule has 444 valence electrons. The summed E-state index contributed by atoms with van der Waals surface area (Å²) < 4.78 is 57.8. The van der Waals surface area contributed by atoms with Crippen LogP contribution in [0.5, 0.6) is 46.0 Å². The van der Waals surface area contributed by atoms with Gasteiger partial charge in [0.2, 0.25) is 27.2 Å². The van der Waals surface area contributed by atoms with Crippen molar-refractivity contribution in [1.29, 1.82) is 0 Å². The molecule has 0 aromatic heterocycles. The Bertz CT molecular complexity index is 3160. The van der Waals surface area contributed by atoms with Crippen molar-refractivity contribution in [2.45, 2.75) is 154 Å². The molecule has 8 aromatic carbocycles. The van der Waals surface area contributed by atoms with Crippen LogP contribution >= 0.6 is 15.8 Å². The molecule has 0 fully saturated rings. The van der Waals surface area contributed by atoms with Crippen LogP contribution in [0.15, 0.2) is 158 Å². The number of ether oxygens (including phenoxy) is 8. The lowest BCUT2D eigenvalue weighted by Gasteiger charge is -2.38. The van der Waals surface area contributed by atoms with Crippen LogP contribution in [0.1, 0.15) is 199 Å². The molecule has 4 heterocycles. The third-order valence-corrected chi connectivity index (χ3v) is 23.3. The Morgan fingerprint density at radius 3 is 0.744 bits per heavy atom. The van der Waals surface area contributed by atoms with Gasteiger partial charge in [0.25, 0.3) is 0 Å². The smallest absolute Gasteiger partial charge is 0.230 e. The van der Waals surface area contributed by atoms with Gasteiger partial charge in [0.1, 0.15) is 46.0 Å². The highest BCUT2D eigenvalue weighted by Crippen LogP contribution is 2.58. The maximum absolute atomic E-state index is 7.37. The summed E-state index contributed by atoms with van der Waals surface area (Å²) in [6, 6.07) is 58.6. The standard InChI is InChI=1S/C76H82O8P2/c1-5-9-17-37-55-59-41-60-56(38-18-10-6-2)65-44-66-58(40-20-12-8-4)62-42-61-57(39-19-11-7-3)64-43-63(55)71-75(85(51-29-21-13-22-30-51)52-31-23-14-24-32-52)72(64)82-49-79-69(61)46-70(62)80-50-84-74(66)76(73(65)83-48-78-68(60)45-67(59)77-47-81-71)86(53-33-25-15-26-34-53)54-35-27-16-28-36-54/h13-16,21-36,41-46,55-58H,5-12,17-20,37-40,47-50H2,1-4H3. The Labute approximate surface area is 512 Å². The zero-order valence-electron chi connectivity index (χ0n) is 50.6. The molecule has 4 unspecified atom stereocenters. The molecular weight excluding hydrogens is 1100 g/mol. The van der Waals surface area contributed by atoms with Crippen molar-refractivity contribution in [2.24, 2.45) is 0 Å². The molecule has 4 aliphatic heterocycles. The molecule has 8 bridgehead atoms. The maximum Gasteiger partial charge on any atom is 0.230 e. The predicted octanol–water partition coefficient (Wildman–Crippen LogP) is 17.3. The average Bonchev–Trinajstić information content (AvgIpc) is 1.08. The summed E-state index contributed by atoms with van der Waals surface area (Å²) >= 11 is 0. The highest BCUT2D eigenvalue weighted by atomic mass is 31.1. The number of rotatable bonds is 22. The van der Waals surface area contributed by atoms with Crippen molar-refractivity contribution >= 4 is 47.7 Å². The minimum Gasteiger partial charge on any atom is -0.457 e. The van der Waals surface area contributed by atoms with Crippen molar-refractivity contribution < 1.29 is 37.9 Å². The molecule has 0 saturated carbocycles. The third kappa shape index (κ3) is 11.5. The molecule has 1 aliphatic carbocycles. The molecule has 8 nitrogen and oxygen atoms in total. The van der Waals surface area contributed by atoms with E-state index >= 15 is 0 Å². The topological polar surface area (TPSA) is 73.8 Å². The van der Waals surface area contributed by atoms with E-state index in [-0.39, 0.29) is 50.8 Å². The lowest BCUT2D eigenvalue weighted by molar-refractivity contribution is 0.101. The van der Waals surface area contributed by atoms with Crippen molar-refractivity contribution in [1.82, 2.24) is 0 Å². The Morgan fingerprint density at radius 2 is 0.512 bits per heavy atom. The lowest BCUT2D eigenvalue weighted by Crippen LogP contribution is -2.31. The summed E-state index contributed by atoms with van der Waals surface area (Å²) in [6.07, 6.45) is 16.5. The van der Waals surface area contributed by atoms with Gasteiger partial charge in [-0.05, 0) is 87.0 Å². The summed E-state index contributed by atoms with van der Waals surface area (Å²) in [5.41, 5.74) is 9.42. The number of hydrogen-bond acceptors (Lipinski definition) is 8. The summed E-state index contributed by atoms with van der Waals surface area (Å²) in [6.45, 7) is 9.23. The first-order chi connectivity index (χ1) is 42.6. The predicted molar refractivity (Wildman–Crippen MR) is 352 cm³/mol. The van der Waals surface area contributed by atoms with Gasteiger partial charge in [0.15, 0.2) is 0 Å². The van der Waals surface area contributed by atoms with Crippen LogP contribution < -0.4 is 69.7 Å². The van der Waals surface area contributed by atoms with Gasteiger partial charge < -0.3 is 37.9 Å². The fraction of sp³-hybridized carbons (Fsp3) is 0.368. The van der Waals surface area contributed by atoms with Gasteiger partial charge in [-0.2, -0.15) is 0 Å². The second-order valence-electron chi connectivity index (χ2n) is 23.8. The fourth-order valence-corrected chi connectivity index (χ4v) is 19.3. The summed E-state index contributed by atoms with van der Waals surface area (Å²) in [5, 5.41) is 7.03. The van der Waals surface area contributed by atoms with E-state index in [1.165, 1.54) is 65.7 Å². The molecular formula is C76H82O8P2. The molecule has 0 spiro atoms. The van der Waals surface area contributed by atoms with E-state index in [2.05, 4.69) is 185 Å². The molecule has 8 aromatic rings. The SMILES string of the molecule is CCCCCC1c2cc3c4cc2OCOc2c1cc1c(c2P(c2ccccc2)c2ccccc2)OCOc2cc5c(cc2C1CCCCC)C(CCCCC)c1cc(c(c(P(c2ccccc2)c2ccccc2)c1OCO5)OCO4)C3CCCCC. The van der Waals surface area contributed by atoms with E-state index in [1.54, 1.807) is 0 Å². The van der Waals surface area contributed by atoms with Crippen LogP contribution in [0.2, 0.25) is 0 Å². The van der Waals surface area contributed by atoms with Gasteiger partial charge >= 0.3 is 0 Å². The number of unbranched alkanes of at least 4 members (excludes halogenated alkanes) is 8. The molecule has 0 saturated heterocycles. The second kappa shape index (κ2) is 27.0. The zero-order chi connectivity index (χ0) is 58.3. The molecule has 10 heteroatoms. The van der Waals surface area contributed by atoms with E-state index in [0.717, 1.165) is 159 Å². The van der Waals surface area contributed by atoms with Crippen molar-refractivity contribution in [3.05, 3.63) is 202 Å². The molecule has 0 N–H and O–H groups in total. The summed E-state index contributed by atoms with van der Waals surface area (Å²) in [5.74, 6) is 6.12. The molecule has 0 amide bonds. The van der Waals surface area contributed by atoms with Gasteiger partial charge in [0.05, 0.1) is 10.6 Å². The van der Waals surface area contributed by atoms with Crippen LogP contribution in [0.3, 0.4) is 0 Å². The van der Waals surface area contributed by atoms with Gasteiger partial charge in [0, 0.05) is 80.3 Å². The minimum atomic E-state index is -1.27. The molecule has 4 atom stereocenters. The average molecular weight is 1190 g/mol. The molecule has 13 rings (SSSR count). The van der Waals surface area contributed by atoms with Crippen LogP contribution in [0.4, 0.5) is 0 Å². The Hall–Kier alpha value is -6.98. The lowest BCUT2D eigenvalue weighted by atomic mass is 9.76. The normalized spacial score (nSPS) is 17.7. The summed E-state index contributed by atoms with van der Waals surface area (Å²) in [7, 11) is -2.54. The highest BCUT2D eigenvalue weighted by Gasteiger charge is 2.42. The van der Waals surface area contributed by atoms with E-state index in [1.807, 2.05) is 0 Å². The van der Waals surface area contributed by atoms with Gasteiger partial charge in [-0.1, -0.05) is 226 Å². The van der Waals surface area contributed by atoms with Crippen LogP contribution in [0.25, 0.3) is 0 Å². The van der Waals surface area contributed by atoms with Crippen LogP contribution in [0, 0.1) is 0 Å². The van der Waals surface area contributed by atoms with E-state index in [4.69, 9.17) is 37.9 Å². The fourth-order valence-electron chi connectivity index (χ4n) is 14.2. The quantitative estimate of drug-likeness (QED) is 0.0491. The third-order valence-electron chi connectivity index (χ3n) is 18.4. The van der Waals surface area contributed by atoms with E-state index in [0.29, 0.717) is 0 Å². The Balaban J connectivity index is 1.20. The van der Waals surface area contributed by atoms with E-state index < -0.39 is 15.8 Å². The van der Waals surface area contributed by atoms with Crippen LogP contribution in [-0.2, 0) is 0 Å². The maximum atomic E-state index is 7.37. The van der Waals surface area contributed by atoms with E-state index in [9.17, 15) is 0 Å². The molecule has 5 aliphatic rings.